The van der Waals surface area contributed by atoms with E-state index in [1.165, 1.54) is 0 Å². The summed E-state index contributed by atoms with van der Waals surface area (Å²) in [6.45, 7) is 5.60. The molecule has 0 saturated carbocycles. The van der Waals surface area contributed by atoms with Crippen LogP contribution in [0.15, 0.2) is 53.5 Å². The van der Waals surface area contributed by atoms with Crippen LogP contribution in [-0.2, 0) is 0 Å². The van der Waals surface area contributed by atoms with Crippen LogP contribution in [0.25, 0.3) is 5.69 Å². The van der Waals surface area contributed by atoms with Crippen LogP contribution in [0.2, 0.25) is 0 Å². The highest BCUT2D eigenvalue weighted by atomic mass is 16.3. The average Bonchev–Trinajstić information content (AvgIpc) is 3.17. The van der Waals surface area contributed by atoms with Gasteiger partial charge in [-0.25, -0.2) is 4.98 Å². The van der Waals surface area contributed by atoms with E-state index in [2.05, 4.69) is 10.3 Å². The van der Waals surface area contributed by atoms with E-state index in [4.69, 9.17) is 4.42 Å². The van der Waals surface area contributed by atoms with Gasteiger partial charge in [-0.1, -0.05) is 12.1 Å². The molecule has 0 radical (unpaired) electrons. The number of hydrogen-bond acceptors (Lipinski definition) is 3. The molecule has 1 atom stereocenters. The first-order valence-electron chi connectivity index (χ1n) is 7.51. The normalized spacial score (nSPS) is 12.1. The van der Waals surface area contributed by atoms with Crippen molar-refractivity contribution >= 4 is 5.91 Å². The van der Waals surface area contributed by atoms with Gasteiger partial charge in [0.1, 0.15) is 11.5 Å². The van der Waals surface area contributed by atoms with Crippen LogP contribution < -0.4 is 5.32 Å². The number of rotatable bonds is 4. The first-order valence-corrected chi connectivity index (χ1v) is 7.51. The molecule has 1 N–H and O–H groups in total. The zero-order valence-electron chi connectivity index (χ0n) is 13.4. The maximum absolute atomic E-state index is 12.3. The molecule has 2 aromatic heterocycles. The first-order chi connectivity index (χ1) is 11.0. The summed E-state index contributed by atoms with van der Waals surface area (Å²) in [5.74, 6) is 1.26. The third-order valence-corrected chi connectivity index (χ3v) is 3.83. The van der Waals surface area contributed by atoms with Gasteiger partial charge in [-0.05, 0) is 44.5 Å². The molecule has 2 heterocycles. The Morgan fingerprint density at radius 3 is 2.57 bits per heavy atom. The maximum atomic E-state index is 12.3. The number of aryl methyl sites for hydroxylation is 2. The highest BCUT2D eigenvalue weighted by molar-refractivity contribution is 5.95. The zero-order valence-corrected chi connectivity index (χ0v) is 13.4. The topological polar surface area (TPSA) is 60.1 Å². The lowest BCUT2D eigenvalue weighted by Gasteiger charge is -2.14. The second-order valence-corrected chi connectivity index (χ2v) is 5.58. The van der Waals surface area contributed by atoms with Crippen LogP contribution in [0.1, 0.15) is 40.4 Å². The largest absolute Gasteiger partial charge is 0.466 e. The van der Waals surface area contributed by atoms with Crippen molar-refractivity contribution in [2.75, 3.05) is 0 Å². The van der Waals surface area contributed by atoms with Crippen LogP contribution in [0.4, 0.5) is 0 Å². The van der Waals surface area contributed by atoms with Gasteiger partial charge in [-0.2, -0.15) is 0 Å². The van der Waals surface area contributed by atoms with Crippen LogP contribution in [0.5, 0.6) is 0 Å². The van der Waals surface area contributed by atoms with E-state index >= 15 is 0 Å². The van der Waals surface area contributed by atoms with Crippen molar-refractivity contribution in [1.82, 2.24) is 14.9 Å². The predicted molar refractivity (Wildman–Crippen MR) is 87.6 cm³/mol. The van der Waals surface area contributed by atoms with Crippen LogP contribution >= 0.6 is 0 Å². The SMILES string of the molecule is Cc1cc(C(=O)NC(C)c2ccc(-n3ccnc3)cc2)c(C)o1. The van der Waals surface area contributed by atoms with E-state index < -0.39 is 0 Å². The van der Waals surface area contributed by atoms with Crippen molar-refractivity contribution in [3.63, 3.8) is 0 Å². The van der Waals surface area contributed by atoms with Gasteiger partial charge >= 0.3 is 0 Å². The Morgan fingerprint density at radius 2 is 2.00 bits per heavy atom. The fourth-order valence-corrected chi connectivity index (χ4v) is 2.56. The number of amides is 1. The summed E-state index contributed by atoms with van der Waals surface area (Å²) in [5, 5.41) is 3.00. The van der Waals surface area contributed by atoms with Crippen molar-refractivity contribution in [3.8, 4) is 5.69 Å². The molecule has 5 nitrogen and oxygen atoms in total. The Morgan fingerprint density at radius 1 is 1.26 bits per heavy atom. The lowest BCUT2D eigenvalue weighted by Crippen LogP contribution is -2.26. The number of benzene rings is 1. The molecule has 0 fully saturated rings. The number of imidazole rings is 1. The monoisotopic (exact) mass is 309 g/mol. The predicted octanol–water partition coefficient (Wildman–Crippen LogP) is 3.57. The van der Waals surface area contributed by atoms with Gasteiger partial charge in [0.05, 0.1) is 17.9 Å². The lowest BCUT2D eigenvalue weighted by molar-refractivity contribution is 0.0938. The van der Waals surface area contributed by atoms with Crippen LogP contribution in [0, 0.1) is 13.8 Å². The second-order valence-electron chi connectivity index (χ2n) is 5.58. The summed E-state index contributed by atoms with van der Waals surface area (Å²) < 4.78 is 7.35. The third-order valence-electron chi connectivity index (χ3n) is 3.83. The molecule has 3 aromatic rings. The van der Waals surface area contributed by atoms with Crippen molar-refractivity contribution in [1.29, 1.82) is 0 Å². The highest BCUT2D eigenvalue weighted by Gasteiger charge is 2.16. The molecule has 0 saturated heterocycles. The summed E-state index contributed by atoms with van der Waals surface area (Å²) in [6, 6.07) is 9.70. The number of aromatic nitrogens is 2. The van der Waals surface area contributed by atoms with E-state index in [9.17, 15) is 4.79 Å². The summed E-state index contributed by atoms with van der Waals surface area (Å²) in [4.78, 5) is 16.4. The van der Waals surface area contributed by atoms with E-state index in [1.54, 1.807) is 25.5 Å². The summed E-state index contributed by atoms with van der Waals surface area (Å²) in [7, 11) is 0. The molecule has 5 heteroatoms. The van der Waals surface area contributed by atoms with Gasteiger partial charge in [-0.3, -0.25) is 4.79 Å². The molecule has 0 aliphatic carbocycles. The third kappa shape index (κ3) is 3.18. The standard InChI is InChI=1S/C18H19N3O2/c1-12-10-17(14(3)23-12)18(22)20-13(2)15-4-6-16(7-5-15)21-9-8-19-11-21/h4-11,13H,1-3H3,(H,20,22). The quantitative estimate of drug-likeness (QED) is 0.801. The highest BCUT2D eigenvalue weighted by Crippen LogP contribution is 2.18. The van der Waals surface area contributed by atoms with Crippen LogP contribution in [-0.4, -0.2) is 15.5 Å². The zero-order chi connectivity index (χ0) is 16.4. The minimum Gasteiger partial charge on any atom is -0.466 e. The minimum absolute atomic E-state index is 0.0889. The molecule has 118 valence electrons. The fraction of sp³-hybridized carbons (Fsp3) is 0.222. The minimum atomic E-state index is -0.120. The van der Waals surface area contributed by atoms with E-state index in [-0.39, 0.29) is 11.9 Å². The average molecular weight is 309 g/mol. The van der Waals surface area contributed by atoms with Crippen molar-refractivity contribution in [2.24, 2.45) is 0 Å². The van der Waals surface area contributed by atoms with Crippen molar-refractivity contribution in [2.45, 2.75) is 26.8 Å². The number of furan rings is 1. The maximum Gasteiger partial charge on any atom is 0.255 e. The molecule has 1 aromatic carbocycles. The van der Waals surface area contributed by atoms with E-state index in [0.29, 0.717) is 11.3 Å². The molecule has 1 unspecified atom stereocenters. The summed E-state index contributed by atoms with van der Waals surface area (Å²) in [6.07, 6.45) is 5.39. The molecule has 0 spiro atoms. The first kappa shape index (κ1) is 15.1. The second kappa shape index (κ2) is 6.12. The van der Waals surface area contributed by atoms with Gasteiger partial charge in [-0.15, -0.1) is 0 Å². The van der Waals surface area contributed by atoms with Crippen molar-refractivity contribution in [3.05, 3.63) is 71.7 Å². The Hall–Kier alpha value is -2.82. The Kier molecular flexibility index (Phi) is 4.02. The van der Waals surface area contributed by atoms with Crippen molar-refractivity contribution < 1.29 is 9.21 Å². The molecule has 3 rings (SSSR count). The smallest absolute Gasteiger partial charge is 0.255 e. The lowest BCUT2D eigenvalue weighted by atomic mass is 10.1. The number of carbonyl (C=O) groups excluding carboxylic acids is 1. The number of hydrogen-bond donors (Lipinski definition) is 1. The fourth-order valence-electron chi connectivity index (χ4n) is 2.56. The molecule has 23 heavy (non-hydrogen) atoms. The molecular formula is C18H19N3O2. The van der Waals surface area contributed by atoms with Gasteiger partial charge in [0.25, 0.3) is 5.91 Å². The number of nitrogens with zero attached hydrogens (tertiary/aromatic N) is 2. The Balaban J connectivity index is 1.72. The van der Waals surface area contributed by atoms with E-state index in [1.807, 2.05) is 48.9 Å². The molecule has 0 aliphatic rings. The summed E-state index contributed by atoms with van der Waals surface area (Å²) in [5.41, 5.74) is 2.66. The Labute approximate surface area is 135 Å². The molecule has 0 bridgehead atoms. The number of nitrogens with one attached hydrogen (secondary N) is 1. The van der Waals surface area contributed by atoms with Gasteiger partial charge in [0, 0.05) is 18.1 Å². The van der Waals surface area contributed by atoms with Gasteiger partial charge < -0.3 is 14.3 Å². The number of carbonyl (C=O) groups is 1. The van der Waals surface area contributed by atoms with Gasteiger partial charge in [0.15, 0.2) is 0 Å². The molecule has 1 amide bonds. The molecular weight excluding hydrogens is 290 g/mol. The summed E-state index contributed by atoms with van der Waals surface area (Å²) >= 11 is 0. The van der Waals surface area contributed by atoms with Crippen LogP contribution in [0.3, 0.4) is 0 Å². The van der Waals surface area contributed by atoms with Gasteiger partial charge in [0.2, 0.25) is 0 Å². The van der Waals surface area contributed by atoms with E-state index in [0.717, 1.165) is 17.0 Å². The molecule has 0 aliphatic heterocycles. The Bertz CT molecular complexity index is 801.